The average molecular weight is 400 g/mol. The topological polar surface area (TPSA) is 113 Å². The van der Waals surface area contributed by atoms with Gasteiger partial charge in [0.15, 0.2) is 0 Å². The highest BCUT2D eigenvalue weighted by molar-refractivity contribution is 9.10. The molecule has 0 aliphatic carbocycles. The Kier molecular flexibility index (Phi) is 4.97. The number of benzene rings is 2. The van der Waals surface area contributed by atoms with Gasteiger partial charge in [0.1, 0.15) is 0 Å². The minimum atomic E-state index is -1.14. The summed E-state index contributed by atoms with van der Waals surface area (Å²) in [5.41, 5.74) is -0.242. The van der Waals surface area contributed by atoms with Crippen molar-refractivity contribution in [1.82, 2.24) is 0 Å². The van der Waals surface area contributed by atoms with Gasteiger partial charge in [-0.15, -0.1) is 0 Å². The van der Waals surface area contributed by atoms with Crippen molar-refractivity contribution in [3.8, 4) is 5.75 Å². The van der Waals surface area contributed by atoms with Crippen LogP contribution in [0.4, 0.5) is 11.4 Å². The molecule has 0 fully saturated rings. The quantitative estimate of drug-likeness (QED) is 0.455. The highest BCUT2D eigenvalue weighted by Gasteiger charge is 2.17. The van der Waals surface area contributed by atoms with E-state index in [9.17, 15) is 20.0 Å². The molecule has 0 unspecified atom stereocenters. The standard InChI is InChI=1S/C14H8BrClN2O5/c15-9-3-8(13(19)12(5-9)18(22)23)6-17-11-4-7(14(20)21)1-2-10(11)16/h1-6,19H,(H,20,21). The average Bonchev–Trinajstić information content (AvgIpc) is 2.48. The van der Waals surface area contributed by atoms with Gasteiger partial charge < -0.3 is 10.2 Å². The van der Waals surface area contributed by atoms with E-state index in [0.29, 0.717) is 4.47 Å². The number of hydrogen-bond acceptors (Lipinski definition) is 5. The van der Waals surface area contributed by atoms with Crippen LogP contribution in [0.3, 0.4) is 0 Å². The number of aliphatic imine (C=N–C) groups is 1. The van der Waals surface area contributed by atoms with E-state index in [0.717, 1.165) is 6.07 Å². The summed E-state index contributed by atoms with van der Waals surface area (Å²) in [6.07, 6.45) is 1.17. The monoisotopic (exact) mass is 398 g/mol. The molecule has 0 radical (unpaired) electrons. The van der Waals surface area contributed by atoms with Crippen LogP contribution in [0.1, 0.15) is 15.9 Å². The van der Waals surface area contributed by atoms with Crippen LogP contribution < -0.4 is 0 Å². The van der Waals surface area contributed by atoms with Crippen molar-refractivity contribution in [2.45, 2.75) is 0 Å². The molecule has 0 atom stereocenters. The minimum Gasteiger partial charge on any atom is -0.502 e. The number of phenolic OH excluding ortho intramolecular Hbond substituents is 1. The van der Waals surface area contributed by atoms with Gasteiger partial charge in [0.25, 0.3) is 0 Å². The highest BCUT2D eigenvalue weighted by Crippen LogP contribution is 2.33. The Hall–Kier alpha value is -2.45. The zero-order valence-electron chi connectivity index (χ0n) is 11.2. The van der Waals surface area contributed by atoms with Gasteiger partial charge in [-0.1, -0.05) is 27.5 Å². The van der Waals surface area contributed by atoms with Gasteiger partial charge in [-0.3, -0.25) is 15.1 Å². The van der Waals surface area contributed by atoms with Gasteiger partial charge in [0.05, 0.1) is 21.2 Å². The van der Waals surface area contributed by atoms with Crippen LogP contribution in [-0.2, 0) is 0 Å². The van der Waals surface area contributed by atoms with Crippen molar-refractivity contribution in [3.05, 3.63) is 61.1 Å². The number of phenols is 1. The number of aromatic hydroxyl groups is 1. The Bertz CT molecular complexity index is 838. The molecule has 0 aromatic heterocycles. The molecular formula is C14H8BrClN2O5. The summed E-state index contributed by atoms with van der Waals surface area (Å²) in [4.78, 5) is 25.1. The molecule has 7 nitrogen and oxygen atoms in total. The maximum absolute atomic E-state index is 10.9. The Morgan fingerprint density at radius 3 is 2.65 bits per heavy atom. The number of carboxylic acids is 1. The molecule has 118 valence electrons. The van der Waals surface area contributed by atoms with Gasteiger partial charge >= 0.3 is 11.7 Å². The molecule has 2 N–H and O–H groups in total. The van der Waals surface area contributed by atoms with Crippen LogP contribution in [0, 0.1) is 10.1 Å². The first-order valence-corrected chi connectivity index (χ1v) is 7.20. The number of hydrogen-bond donors (Lipinski definition) is 2. The first-order chi connectivity index (χ1) is 10.8. The summed E-state index contributed by atoms with van der Waals surface area (Å²) in [7, 11) is 0. The molecule has 0 amide bonds. The predicted molar refractivity (Wildman–Crippen MR) is 88.1 cm³/mol. The van der Waals surface area contributed by atoms with E-state index >= 15 is 0 Å². The fraction of sp³-hybridized carbons (Fsp3) is 0. The lowest BCUT2D eigenvalue weighted by molar-refractivity contribution is -0.385. The Balaban J connectivity index is 2.47. The summed E-state index contributed by atoms with van der Waals surface area (Å²) < 4.78 is 0.383. The number of nitrogens with zero attached hydrogens (tertiary/aromatic N) is 2. The van der Waals surface area contributed by atoms with Crippen molar-refractivity contribution in [2.24, 2.45) is 4.99 Å². The van der Waals surface area contributed by atoms with Crippen LogP contribution in [0.15, 0.2) is 39.8 Å². The second-order valence-corrected chi connectivity index (χ2v) is 5.67. The molecule has 0 aliphatic heterocycles. The Morgan fingerprint density at radius 1 is 1.35 bits per heavy atom. The number of nitro benzene ring substituents is 1. The molecule has 0 aliphatic rings. The molecule has 2 aromatic carbocycles. The molecule has 23 heavy (non-hydrogen) atoms. The molecule has 0 saturated heterocycles. The van der Waals surface area contributed by atoms with Crippen LogP contribution in [0.5, 0.6) is 5.75 Å². The first-order valence-electron chi connectivity index (χ1n) is 6.03. The van der Waals surface area contributed by atoms with Crippen LogP contribution in [0.25, 0.3) is 0 Å². The van der Waals surface area contributed by atoms with Crippen LogP contribution in [-0.4, -0.2) is 27.3 Å². The van der Waals surface area contributed by atoms with E-state index in [2.05, 4.69) is 20.9 Å². The normalized spacial score (nSPS) is 10.9. The minimum absolute atomic E-state index is 0.00834. The second kappa shape index (κ2) is 6.76. The largest absolute Gasteiger partial charge is 0.502 e. The molecule has 0 bridgehead atoms. The van der Waals surface area contributed by atoms with E-state index in [1.807, 2.05) is 0 Å². The third kappa shape index (κ3) is 3.85. The number of halogens is 2. The Morgan fingerprint density at radius 2 is 2.04 bits per heavy atom. The van der Waals surface area contributed by atoms with Gasteiger partial charge in [0, 0.05) is 22.3 Å². The number of carbonyl (C=O) groups is 1. The number of rotatable bonds is 4. The van der Waals surface area contributed by atoms with Crippen molar-refractivity contribution >= 4 is 51.1 Å². The van der Waals surface area contributed by atoms with Gasteiger partial charge in [0.2, 0.25) is 5.75 Å². The van der Waals surface area contributed by atoms with E-state index in [1.54, 1.807) is 0 Å². The summed E-state index contributed by atoms with van der Waals surface area (Å²) in [6, 6.07) is 6.54. The van der Waals surface area contributed by atoms with Crippen molar-refractivity contribution in [2.75, 3.05) is 0 Å². The fourth-order valence-corrected chi connectivity index (χ4v) is 2.36. The van der Waals surface area contributed by atoms with Crippen LogP contribution in [0.2, 0.25) is 5.02 Å². The zero-order valence-corrected chi connectivity index (χ0v) is 13.6. The molecule has 9 heteroatoms. The number of carboxylic acid groups (broad SMARTS) is 1. The maximum Gasteiger partial charge on any atom is 0.335 e. The van der Waals surface area contributed by atoms with Gasteiger partial charge in [-0.2, -0.15) is 0 Å². The van der Waals surface area contributed by atoms with Gasteiger partial charge in [-0.05, 0) is 24.3 Å². The summed E-state index contributed by atoms with van der Waals surface area (Å²) >= 11 is 9.04. The Labute approximate surface area is 143 Å². The fourth-order valence-electron chi connectivity index (χ4n) is 1.73. The smallest absolute Gasteiger partial charge is 0.335 e. The van der Waals surface area contributed by atoms with Crippen molar-refractivity contribution in [1.29, 1.82) is 0 Å². The van der Waals surface area contributed by atoms with Gasteiger partial charge in [-0.25, -0.2) is 4.79 Å². The molecular weight excluding hydrogens is 392 g/mol. The second-order valence-electron chi connectivity index (χ2n) is 4.35. The number of aromatic carboxylic acids is 1. The SMILES string of the molecule is O=C(O)c1ccc(Cl)c(N=Cc2cc(Br)cc([N+](=O)[O-])c2O)c1. The van der Waals surface area contributed by atoms with E-state index in [-0.39, 0.29) is 21.8 Å². The van der Waals surface area contributed by atoms with E-state index in [4.69, 9.17) is 16.7 Å². The molecule has 2 aromatic rings. The van der Waals surface area contributed by atoms with Crippen molar-refractivity contribution in [3.63, 3.8) is 0 Å². The number of nitro groups is 1. The third-order valence-electron chi connectivity index (χ3n) is 2.82. The summed E-state index contributed by atoms with van der Waals surface area (Å²) in [5.74, 6) is -1.69. The molecule has 0 saturated carbocycles. The first kappa shape index (κ1) is 16.9. The lowest BCUT2D eigenvalue weighted by Crippen LogP contribution is -1.95. The molecule has 0 heterocycles. The third-order valence-corrected chi connectivity index (χ3v) is 3.59. The zero-order chi connectivity index (χ0) is 17.1. The van der Waals surface area contributed by atoms with Crippen molar-refractivity contribution < 1.29 is 19.9 Å². The van der Waals surface area contributed by atoms with E-state index in [1.165, 1.54) is 30.5 Å². The van der Waals surface area contributed by atoms with E-state index < -0.39 is 22.3 Å². The maximum atomic E-state index is 10.9. The molecule has 2 rings (SSSR count). The summed E-state index contributed by atoms with van der Waals surface area (Å²) in [6.45, 7) is 0. The predicted octanol–water partition coefficient (Wildman–Crippen LogP) is 4.17. The van der Waals surface area contributed by atoms with Crippen LogP contribution >= 0.6 is 27.5 Å². The summed E-state index contributed by atoms with van der Waals surface area (Å²) in [5, 5.41) is 29.9. The lowest BCUT2D eigenvalue weighted by Gasteiger charge is -2.03. The lowest BCUT2D eigenvalue weighted by atomic mass is 10.2. The molecule has 0 spiro atoms. The highest BCUT2D eigenvalue weighted by atomic mass is 79.9.